The summed E-state index contributed by atoms with van der Waals surface area (Å²) < 4.78 is 81.1. The number of hydrogen-bond acceptors (Lipinski definition) is 0. The van der Waals surface area contributed by atoms with E-state index in [9.17, 15) is 26.3 Å². The Bertz CT molecular complexity index is 281. The highest BCUT2D eigenvalue weighted by Crippen LogP contribution is 2.58. The fourth-order valence-electron chi connectivity index (χ4n) is 1.86. The highest BCUT2D eigenvalue weighted by molar-refractivity contribution is 5.09. The van der Waals surface area contributed by atoms with E-state index in [0.717, 1.165) is 20.8 Å². The molecule has 0 aromatic carbocycles. The fraction of sp³-hybridized carbons (Fsp3) is 1.00. The van der Waals surface area contributed by atoms with Crippen LogP contribution < -0.4 is 0 Å². The summed E-state index contributed by atoms with van der Waals surface area (Å²) in [5.74, 6) is -6.14. The quantitative estimate of drug-likeness (QED) is 0.593. The van der Waals surface area contributed by atoms with Gasteiger partial charge in [-0.25, -0.2) is 13.2 Å². The van der Waals surface area contributed by atoms with Crippen LogP contribution >= 0.6 is 0 Å². The van der Waals surface area contributed by atoms with E-state index in [4.69, 9.17) is 0 Å². The predicted octanol–water partition coefficient (Wildman–Crippen LogP) is 5.37. The summed E-state index contributed by atoms with van der Waals surface area (Å²) in [6, 6.07) is 0. The average molecular weight is 278 g/mol. The first-order valence-electron chi connectivity index (χ1n) is 5.93. The first kappa shape index (κ1) is 17.6. The number of rotatable bonds is 5. The molecule has 0 aliphatic heterocycles. The molecule has 0 radical (unpaired) electrons. The van der Waals surface area contributed by atoms with Crippen LogP contribution in [-0.2, 0) is 0 Å². The Morgan fingerprint density at radius 3 is 1.50 bits per heavy atom. The lowest BCUT2D eigenvalue weighted by Crippen LogP contribution is -2.65. The number of alkyl halides is 6. The molecule has 0 spiro atoms. The molecule has 0 aliphatic rings. The second-order valence-electron chi connectivity index (χ2n) is 5.33. The Balaban J connectivity index is 5.96. The third-order valence-electron chi connectivity index (χ3n) is 3.90. The summed E-state index contributed by atoms with van der Waals surface area (Å²) in [7, 11) is 0. The Labute approximate surface area is 104 Å². The van der Waals surface area contributed by atoms with Crippen LogP contribution in [-0.4, -0.2) is 17.8 Å². The van der Waals surface area contributed by atoms with Crippen LogP contribution in [0.2, 0.25) is 0 Å². The molecule has 18 heavy (non-hydrogen) atoms. The zero-order chi connectivity index (χ0) is 15.0. The van der Waals surface area contributed by atoms with Crippen molar-refractivity contribution in [2.75, 3.05) is 0 Å². The summed E-state index contributed by atoms with van der Waals surface area (Å²) in [6.07, 6.45) is -6.18. The van der Waals surface area contributed by atoms with Gasteiger partial charge in [-0.3, -0.25) is 0 Å². The lowest BCUT2D eigenvalue weighted by Gasteiger charge is -2.47. The van der Waals surface area contributed by atoms with E-state index in [1.807, 2.05) is 0 Å². The molecule has 2 unspecified atom stereocenters. The molecule has 2 atom stereocenters. The van der Waals surface area contributed by atoms with Gasteiger partial charge < -0.3 is 0 Å². The lowest BCUT2D eigenvalue weighted by molar-refractivity contribution is -0.348. The maximum absolute atomic E-state index is 14.4. The fourth-order valence-corrected chi connectivity index (χ4v) is 1.86. The molecule has 0 fully saturated rings. The molecule has 0 saturated carbocycles. The van der Waals surface area contributed by atoms with Gasteiger partial charge in [-0.1, -0.05) is 34.6 Å². The van der Waals surface area contributed by atoms with Crippen LogP contribution in [0.5, 0.6) is 0 Å². The van der Waals surface area contributed by atoms with E-state index in [-0.39, 0.29) is 12.8 Å². The van der Waals surface area contributed by atoms with Gasteiger partial charge in [-0.05, 0) is 12.8 Å². The molecule has 0 aromatic rings. The second kappa shape index (κ2) is 4.93. The van der Waals surface area contributed by atoms with E-state index in [1.54, 1.807) is 0 Å². The molecule has 0 nitrogen and oxygen atoms in total. The topological polar surface area (TPSA) is 0 Å². The number of halogens is 6. The molecule has 110 valence electrons. The Morgan fingerprint density at radius 2 is 1.28 bits per heavy atom. The first-order valence-corrected chi connectivity index (χ1v) is 5.93. The minimum Gasteiger partial charge on any atom is -0.226 e. The van der Waals surface area contributed by atoms with E-state index in [0.29, 0.717) is 0 Å². The van der Waals surface area contributed by atoms with E-state index in [2.05, 4.69) is 0 Å². The highest BCUT2D eigenvalue weighted by Gasteiger charge is 2.77. The Hall–Kier alpha value is -0.420. The summed E-state index contributed by atoms with van der Waals surface area (Å²) in [4.78, 5) is 0. The van der Waals surface area contributed by atoms with Gasteiger partial charge >= 0.3 is 6.18 Å². The van der Waals surface area contributed by atoms with Gasteiger partial charge in [-0.15, -0.1) is 0 Å². The molecule has 0 heterocycles. The molecule has 6 heteroatoms. The predicted molar refractivity (Wildman–Crippen MR) is 58.4 cm³/mol. The van der Waals surface area contributed by atoms with Gasteiger partial charge in [0.2, 0.25) is 0 Å². The third-order valence-corrected chi connectivity index (χ3v) is 3.90. The third kappa shape index (κ3) is 2.35. The van der Waals surface area contributed by atoms with Crippen molar-refractivity contribution in [3.63, 3.8) is 0 Å². The standard InChI is InChI=1S/C12H20F6/c1-6-8(3)10(13,14)11(15,12(16,17)18)9(4,5)7-2/h8H,6-7H2,1-5H3. The molecule has 0 rings (SSSR count). The summed E-state index contributed by atoms with van der Waals surface area (Å²) in [5, 5.41) is 0. The molecular formula is C12H20F6. The van der Waals surface area contributed by atoms with Crippen LogP contribution in [0.15, 0.2) is 0 Å². The van der Waals surface area contributed by atoms with Crippen molar-refractivity contribution in [1.29, 1.82) is 0 Å². The monoisotopic (exact) mass is 278 g/mol. The molecule has 0 bridgehead atoms. The normalized spacial score (nSPS) is 19.5. The molecular weight excluding hydrogens is 258 g/mol. The summed E-state index contributed by atoms with van der Waals surface area (Å²) in [5.41, 5.74) is -6.73. The van der Waals surface area contributed by atoms with Crippen LogP contribution in [0.25, 0.3) is 0 Å². The zero-order valence-electron chi connectivity index (χ0n) is 11.3. The average Bonchev–Trinajstić information content (AvgIpc) is 2.24. The van der Waals surface area contributed by atoms with E-state index in [1.165, 1.54) is 13.8 Å². The highest BCUT2D eigenvalue weighted by atomic mass is 19.4. The molecule has 0 amide bonds. The van der Waals surface area contributed by atoms with Crippen molar-refractivity contribution in [3.8, 4) is 0 Å². The van der Waals surface area contributed by atoms with Gasteiger partial charge in [0, 0.05) is 11.3 Å². The minimum atomic E-state index is -5.61. The van der Waals surface area contributed by atoms with Crippen molar-refractivity contribution in [1.82, 2.24) is 0 Å². The largest absolute Gasteiger partial charge is 0.429 e. The number of hydrogen-bond donors (Lipinski definition) is 0. The van der Waals surface area contributed by atoms with E-state index >= 15 is 0 Å². The van der Waals surface area contributed by atoms with Crippen LogP contribution in [0.1, 0.15) is 47.5 Å². The molecule has 0 N–H and O–H groups in total. The van der Waals surface area contributed by atoms with Crippen LogP contribution in [0.4, 0.5) is 26.3 Å². The Morgan fingerprint density at radius 1 is 0.889 bits per heavy atom. The zero-order valence-corrected chi connectivity index (χ0v) is 11.3. The van der Waals surface area contributed by atoms with Gasteiger partial charge in [0.25, 0.3) is 11.6 Å². The summed E-state index contributed by atoms with van der Waals surface area (Å²) >= 11 is 0. The van der Waals surface area contributed by atoms with Gasteiger partial charge in [-0.2, -0.15) is 13.2 Å². The van der Waals surface area contributed by atoms with Crippen molar-refractivity contribution in [2.45, 2.75) is 65.2 Å². The van der Waals surface area contributed by atoms with Crippen molar-refractivity contribution in [2.24, 2.45) is 11.3 Å². The van der Waals surface area contributed by atoms with Crippen LogP contribution in [0, 0.1) is 11.3 Å². The Kier molecular flexibility index (Phi) is 4.81. The summed E-state index contributed by atoms with van der Waals surface area (Å²) in [6.45, 7) is 5.29. The molecule has 0 aromatic heterocycles. The molecule has 0 saturated heterocycles. The van der Waals surface area contributed by atoms with Crippen LogP contribution in [0.3, 0.4) is 0 Å². The first-order chi connectivity index (χ1) is 7.79. The smallest absolute Gasteiger partial charge is 0.226 e. The van der Waals surface area contributed by atoms with Crippen molar-refractivity contribution in [3.05, 3.63) is 0 Å². The van der Waals surface area contributed by atoms with Crippen molar-refractivity contribution >= 4 is 0 Å². The van der Waals surface area contributed by atoms with Crippen molar-refractivity contribution < 1.29 is 26.3 Å². The van der Waals surface area contributed by atoms with Gasteiger partial charge in [0.1, 0.15) is 0 Å². The van der Waals surface area contributed by atoms with E-state index < -0.39 is 29.1 Å². The molecule has 0 aliphatic carbocycles. The second-order valence-corrected chi connectivity index (χ2v) is 5.33. The lowest BCUT2D eigenvalue weighted by atomic mass is 9.67. The van der Waals surface area contributed by atoms with Gasteiger partial charge in [0.15, 0.2) is 0 Å². The van der Waals surface area contributed by atoms with Gasteiger partial charge in [0.05, 0.1) is 0 Å². The maximum atomic E-state index is 14.4. The SMILES string of the molecule is CCC(C)C(F)(F)C(F)(C(F)(F)F)C(C)(C)CC. The maximum Gasteiger partial charge on any atom is 0.429 e. The minimum absolute atomic E-state index is 0.228.